The van der Waals surface area contributed by atoms with Crippen LogP contribution in [0.2, 0.25) is 0 Å². The SMILES string of the molecule is CC/C=C\C/C=C\C/C=C\C/C=C\C/C=C\C/C=C\CCCCCCCCC(=O)OC1C(OCC(NC(=O)C(O)CC/C=C\C/C=C\C/C=C\C/C=C\C/C=C\CC)C(O)/C=C/CCCCCCCCCCCC)OC(CO)C(O)C1O. The number of rotatable bonds is 52. The van der Waals surface area contributed by atoms with Crippen molar-refractivity contribution in [2.45, 2.75) is 275 Å². The van der Waals surface area contributed by atoms with Crippen LogP contribution in [0.25, 0.3) is 0 Å². The van der Waals surface area contributed by atoms with Crippen LogP contribution in [0.4, 0.5) is 0 Å². The lowest BCUT2D eigenvalue weighted by Crippen LogP contribution is -2.61. The van der Waals surface area contributed by atoms with E-state index in [1.807, 2.05) is 18.2 Å². The largest absolute Gasteiger partial charge is 0.454 e. The number of ether oxygens (including phenoxy) is 3. The average Bonchev–Trinajstić information content (AvgIpc) is 3.56. The third-order valence-electron chi connectivity index (χ3n) is 14.0. The second-order valence-electron chi connectivity index (χ2n) is 21.4. The number of nitrogens with one attached hydrogen (secondary N) is 1. The van der Waals surface area contributed by atoms with E-state index in [-0.39, 0.29) is 19.4 Å². The van der Waals surface area contributed by atoms with E-state index >= 15 is 0 Å². The molecule has 1 amide bonds. The molecule has 11 nitrogen and oxygen atoms in total. The molecular formula is C71H115NO10. The quantitative estimate of drug-likeness (QED) is 0.0195. The maximum atomic E-state index is 13.4. The Labute approximate surface area is 498 Å². The van der Waals surface area contributed by atoms with Gasteiger partial charge in [0.1, 0.15) is 24.4 Å². The Balaban J connectivity index is 2.68. The third kappa shape index (κ3) is 44.1. The van der Waals surface area contributed by atoms with E-state index in [1.54, 1.807) is 6.08 Å². The second-order valence-corrected chi connectivity index (χ2v) is 21.4. The Morgan fingerprint density at radius 3 is 1.32 bits per heavy atom. The van der Waals surface area contributed by atoms with E-state index in [9.17, 15) is 35.1 Å². The van der Waals surface area contributed by atoms with Crippen LogP contribution in [-0.4, -0.2) is 99.6 Å². The monoisotopic (exact) mass is 1140 g/mol. The smallest absolute Gasteiger partial charge is 0.306 e. The molecule has 1 aliphatic heterocycles. The summed E-state index contributed by atoms with van der Waals surface area (Å²) in [5, 5.41) is 56.9. The lowest BCUT2D eigenvalue weighted by Gasteiger charge is -2.41. The molecule has 8 unspecified atom stereocenters. The summed E-state index contributed by atoms with van der Waals surface area (Å²) in [5.74, 6) is -1.28. The topological polar surface area (TPSA) is 175 Å². The third-order valence-corrected chi connectivity index (χ3v) is 14.0. The molecule has 0 aromatic rings. The summed E-state index contributed by atoms with van der Waals surface area (Å²) >= 11 is 0. The Morgan fingerprint density at radius 2 is 0.878 bits per heavy atom. The molecule has 1 saturated heterocycles. The summed E-state index contributed by atoms with van der Waals surface area (Å²) in [5.41, 5.74) is 0. The number of hydrogen-bond acceptors (Lipinski definition) is 10. The van der Waals surface area contributed by atoms with Crippen molar-refractivity contribution >= 4 is 11.9 Å². The molecular weight excluding hydrogens is 1030 g/mol. The summed E-state index contributed by atoms with van der Waals surface area (Å²) in [4.78, 5) is 26.6. The summed E-state index contributed by atoms with van der Waals surface area (Å²) in [6, 6.07) is -1.07. The minimum absolute atomic E-state index is 0.0900. The standard InChI is InChI=1S/C71H115NO10/c1-4-7-10-13-16-19-22-25-27-29-30-31-32-33-34-35-36-37-39-41-44-47-50-53-56-59-66(76)82-69-68(78)67(77)65(60-73)81-71(69)80-61-62(63(74)57-54-51-48-45-42-24-21-18-15-12-9-6-3)72-70(79)64(75)58-55-52-49-46-43-40-38-28-26-23-20-17-14-11-8-5-2/h7-8,10-11,16-17,19-20,25-28,30-31,33-34,36-37,40,43,49,52,54,57,62-65,67-69,71,73-75,77-78H,4-6,9,12-15,18,21-24,29,32,35,38-39,41-42,44-48,50-51,53,55-56,58-61H2,1-3H3,(H,72,79)/b10-7-,11-8-,19-16-,20-17-,27-25-,28-26-,31-30-,34-33-,37-36-,43-40-,52-49-,57-54+. The van der Waals surface area contributed by atoms with Gasteiger partial charge in [0.15, 0.2) is 12.4 Å². The van der Waals surface area contributed by atoms with Crippen molar-refractivity contribution in [3.05, 3.63) is 146 Å². The molecule has 6 N–H and O–H groups in total. The van der Waals surface area contributed by atoms with Crippen LogP contribution in [0.5, 0.6) is 0 Å². The normalized spacial score (nSPS) is 19.6. The van der Waals surface area contributed by atoms with Gasteiger partial charge in [0, 0.05) is 6.42 Å². The van der Waals surface area contributed by atoms with Crippen molar-refractivity contribution in [1.29, 1.82) is 0 Å². The van der Waals surface area contributed by atoms with Crippen LogP contribution in [0.1, 0.15) is 226 Å². The highest BCUT2D eigenvalue weighted by atomic mass is 16.7. The zero-order valence-electron chi connectivity index (χ0n) is 51.3. The van der Waals surface area contributed by atoms with Crippen molar-refractivity contribution in [2.75, 3.05) is 13.2 Å². The highest BCUT2D eigenvalue weighted by molar-refractivity contribution is 5.80. The maximum Gasteiger partial charge on any atom is 0.306 e. The molecule has 0 aliphatic carbocycles. The molecule has 0 bridgehead atoms. The molecule has 82 heavy (non-hydrogen) atoms. The number of amides is 1. The van der Waals surface area contributed by atoms with Crippen LogP contribution in [0, 0.1) is 0 Å². The Bertz CT molecular complexity index is 1890. The number of carbonyl (C=O) groups is 2. The van der Waals surface area contributed by atoms with E-state index in [0.717, 1.165) is 135 Å². The van der Waals surface area contributed by atoms with E-state index in [2.05, 4.69) is 148 Å². The fourth-order valence-electron chi connectivity index (χ4n) is 8.98. The van der Waals surface area contributed by atoms with Gasteiger partial charge in [0.05, 0.1) is 25.4 Å². The van der Waals surface area contributed by atoms with Gasteiger partial charge in [-0.25, -0.2) is 0 Å². The summed E-state index contributed by atoms with van der Waals surface area (Å²) in [7, 11) is 0. The molecule has 8 atom stereocenters. The molecule has 1 aliphatic rings. The Morgan fingerprint density at radius 1 is 0.488 bits per heavy atom. The molecule has 1 fully saturated rings. The Hall–Kier alpha value is -4.46. The predicted molar refractivity (Wildman–Crippen MR) is 342 cm³/mol. The van der Waals surface area contributed by atoms with Gasteiger partial charge in [0.25, 0.3) is 0 Å². The number of unbranched alkanes of at least 4 members (excludes halogenated alkanes) is 16. The van der Waals surface area contributed by atoms with Gasteiger partial charge in [-0.15, -0.1) is 0 Å². The van der Waals surface area contributed by atoms with Crippen molar-refractivity contribution in [3.8, 4) is 0 Å². The van der Waals surface area contributed by atoms with Crippen LogP contribution < -0.4 is 5.32 Å². The summed E-state index contributed by atoms with van der Waals surface area (Å²) < 4.78 is 17.6. The van der Waals surface area contributed by atoms with E-state index < -0.39 is 67.4 Å². The van der Waals surface area contributed by atoms with Gasteiger partial charge in [-0.05, 0) is 116 Å². The molecule has 1 rings (SSSR count). The number of esters is 1. The van der Waals surface area contributed by atoms with Gasteiger partial charge >= 0.3 is 5.97 Å². The van der Waals surface area contributed by atoms with Crippen LogP contribution in [0.15, 0.2) is 146 Å². The average molecular weight is 1140 g/mol. The first-order chi connectivity index (χ1) is 40.2. The first-order valence-electron chi connectivity index (χ1n) is 32.1. The minimum Gasteiger partial charge on any atom is -0.454 e. The predicted octanol–water partition coefficient (Wildman–Crippen LogP) is 15.8. The molecule has 11 heteroatoms. The molecule has 0 spiro atoms. The van der Waals surface area contributed by atoms with E-state index in [0.29, 0.717) is 12.8 Å². The molecule has 464 valence electrons. The van der Waals surface area contributed by atoms with Crippen LogP contribution >= 0.6 is 0 Å². The summed E-state index contributed by atoms with van der Waals surface area (Å²) in [6.45, 7) is 5.50. The van der Waals surface area contributed by atoms with E-state index in [1.165, 1.54) is 44.9 Å². The molecule has 0 radical (unpaired) electrons. The van der Waals surface area contributed by atoms with E-state index in [4.69, 9.17) is 14.2 Å². The zero-order chi connectivity index (χ0) is 59.6. The van der Waals surface area contributed by atoms with Gasteiger partial charge in [0.2, 0.25) is 5.91 Å². The van der Waals surface area contributed by atoms with Gasteiger partial charge in [-0.1, -0.05) is 250 Å². The first-order valence-corrected chi connectivity index (χ1v) is 32.1. The number of aliphatic hydroxyl groups excluding tert-OH is 5. The number of aliphatic hydroxyl groups is 5. The molecule has 1 heterocycles. The van der Waals surface area contributed by atoms with Crippen molar-refractivity contribution < 1.29 is 49.3 Å². The number of carbonyl (C=O) groups excluding carboxylic acids is 2. The zero-order valence-corrected chi connectivity index (χ0v) is 51.3. The fraction of sp³-hybridized carbons (Fsp3) is 0.634. The maximum absolute atomic E-state index is 13.4. The molecule has 0 aromatic carbocycles. The first kappa shape index (κ1) is 75.6. The lowest BCUT2D eigenvalue weighted by molar-refractivity contribution is -0.305. The molecule has 0 saturated carbocycles. The van der Waals surface area contributed by atoms with Crippen molar-refractivity contribution in [1.82, 2.24) is 5.32 Å². The lowest BCUT2D eigenvalue weighted by atomic mass is 9.99. The fourth-order valence-corrected chi connectivity index (χ4v) is 8.98. The van der Waals surface area contributed by atoms with Crippen LogP contribution in [-0.2, 0) is 23.8 Å². The van der Waals surface area contributed by atoms with Crippen molar-refractivity contribution in [2.24, 2.45) is 0 Å². The Kier molecular flexibility index (Phi) is 52.5. The molecule has 0 aromatic heterocycles. The van der Waals surface area contributed by atoms with Crippen LogP contribution in [0.3, 0.4) is 0 Å². The van der Waals surface area contributed by atoms with Crippen molar-refractivity contribution in [3.63, 3.8) is 0 Å². The highest BCUT2D eigenvalue weighted by Crippen LogP contribution is 2.26. The van der Waals surface area contributed by atoms with Gasteiger partial charge in [-0.3, -0.25) is 9.59 Å². The highest BCUT2D eigenvalue weighted by Gasteiger charge is 2.47. The number of hydrogen-bond donors (Lipinski definition) is 6. The number of allylic oxidation sites excluding steroid dienone is 23. The van der Waals surface area contributed by atoms with Gasteiger partial charge in [-0.2, -0.15) is 0 Å². The summed E-state index contributed by atoms with van der Waals surface area (Å²) in [6.07, 6.45) is 71.8. The minimum atomic E-state index is -1.64. The van der Waals surface area contributed by atoms with Gasteiger partial charge < -0.3 is 45.1 Å². The second kappa shape index (κ2) is 57.0.